The first-order chi connectivity index (χ1) is 32.2. The second-order valence-corrected chi connectivity index (χ2v) is 23.2. The number of aromatic nitrogens is 1. The number of benzene rings is 1. The molecule has 0 spiro atoms. The second-order valence-electron chi connectivity index (χ2n) is 21.0. The maximum absolute atomic E-state index is 15.3. The summed E-state index contributed by atoms with van der Waals surface area (Å²) < 4.78 is 53.1. The van der Waals surface area contributed by atoms with E-state index in [9.17, 15) is 22.8 Å². The molecule has 4 amide bonds. The van der Waals surface area contributed by atoms with Gasteiger partial charge in [-0.3, -0.25) is 19.1 Å². The lowest BCUT2D eigenvalue weighted by atomic mass is 9.70. The van der Waals surface area contributed by atoms with Crippen molar-refractivity contribution in [2.45, 2.75) is 158 Å². The van der Waals surface area contributed by atoms with Gasteiger partial charge in [0.05, 0.1) is 35.6 Å². The third kappa shape index (κ3) is 10.3. The number of para-hydroxylation sites is 1. The van der Waals surface area contributed by atoms with Crippen LogP contribution in [0.3, 0.4) is 0 Å². The van der Waals surface area contributed by atoms with Crippen molar-refractivity contribution in [1.82, 2.24) is 30.1 Å². The molecular weight excluding hydrogens is 877 g/mol. The van der Waals surface area contributed by atoms with Gasteiger partial charge in [-0.15, -0.1) is 6.58 Å². The third-order valence-electron chi connectivity index (χ3n) is 15.9. The molecule has 9 rings (SSSR count). The molecule has 3 aliphatic heterocycles. The highest BCUT2D eigenvalue weighted by molar-refractivity contribution is 7.91. The van der Waals surface area contributed by atoms with E-state index in [0.717, 1.165) is 114 Å². The quantitative estimate of drug-likeness (QED) is 0.174. The van der Waals surface area contributed by atoms with Crippen molar-refractivity contribution in [2.24, 2.45) is 17.3 Å². The molecule has 0 radical (unpaired) electrons. The number of rotatable bonds is 12. The summed E-state index contributed by atoms with van der Waals surface area (Å²) in [6.07, 6.45) is 12.1. The molecule has 16 nitrogen and oxygen atoms in total. The molecule has 4 aliphatic carbocycles. The summed E-state index contributed by atoms with van der Waals surface area (Å²) in [7, 11) is -4.02. The molecule has 7 aliphatic rings. The first-order valence-corrected chi connectivity index (χ1v) is 26.5. The predicted octanol–water partition coefficient (Wildman–Crippen LogP) is 5.70. The summed E-state index contributed by atoms with van der Waals surface area (Å²) >= 11 is 0. The lowest BCUT2D eigenvalue weighted by molar-refractivity contribution is -0.143. The Morgan fingerprint density at radius 3 is 2.55 bits per heavy atom. The molecule has 4 heterocycles. The van der Waals surface area contributed by atoms with Crippen molar-refractivity contribution < 1.29 is 46.5 Å². The highest BCUT2D eigenvalue weighted by atomic mass is 32.2. The fourth-order valence-corrected chi connectivity index (χ4v) is 12.3. The molecule has 2 bridgehead atoms. The molecule has 1 aromatic heterocycles. The number of fused-ring (bicyclic) bond motifs is 5. The van der Waals surface area contributed by atoms with Crippen molar-refractivity contribution in [1.29, 1.82) is 0 Å². The average Bonchev–Trinajstić information content (AvgIpc) is 4.26. The molecule has 67 heavy (non-hydrogen) atoms. The predicted molar refractivity (Wildman–Crippen MR) is 251 cm³/mol. The number of nitrogens with one attached hydrogen (secondary N) is 3. The average molecular weight is 947 g/mol. The zero-order valence-electron chi connectivity index (χ0n) is 39.4. The van der Waals surface area contributed by atoms with Crippen LogP contribution in [0.4, 0.5) is 4.79 Å². The van der Waals surface area contributed by atoms with Crippen LogP contribution in [0.2, 0.25) is 0 Å². The van der Waals surface area contributed by atoms with Crippen LogP contribution >= 0.6 is 0 Å². The Bertz CT molecular complexity index is 2310. The number of hydrogen-bond donors (Lipinski definition) is 3. The zero-order chi connectivity index (χ0) is 47.0. The van der Waals surface area contributed by atoms with Crippen LogP contribution in [0, 0.1) is 17.3 Å². The van der Waals surface area contributed by atoms with E-state index in [-0.39, 0.29) is 31.4 Å². The molecule has 1 aromatic carbocycles. The van der Waals surface area contributed by atoms with Crippen LogP contribution in [0.5, 0.6) is 11.6 Å². The minimum atomic E-state index is -4.02. The van der Waals surface area contributed by atoms with E-state index in [1.165, 1.54) is 4.90 Å². The fraction of sp³-hybridized carbons (Fsp3) is 0.700. The molecule has 3 N–H and O–H groups in total. The number of sulfonamides is 1. The molecule has 2 aromatic rings. The number of ether oxygens (including phenoxy) is 4. The molecule has 4 saturated carbocycles. The number of nitrogens with zero attached hydrogens (tertiary/aromatic N) is 3. The van der Waals surface area contributed by atoms with Crippen molar-refractivity contribution in [2.75, 3.05) is 46.0 Å². The molecule has 7 atom stereocenters. The van der Waals surface area contributed by atoms with Gasteiger partial charge in [0.15, 0.2) is 0 Å². The second kappa shape index (κ2) is 19.5. The van der Waals surface area contributed by atoms with Gasteiger partial charge in [0.1, 0.15) is 35.6 Å². The van der Waals surface area contributed by atoms with Gasteiger partial charge in [0.25, 0.3) is 5.91 Å². The summed E-state index contributed by atoms with van der Waals surface area (Å²) in [5, 5.41) is 6.81. The van der Waals surface area contributed by atoms with E-state index in [0.29, 0.717) is 50.1 Å². The van der Waals surface area contributed by atoms with Gasteiger partial charge < -0.3 is 39.4 Å². The Labute approximate surface area is 395 Å². The SMILES string of the molecule is C=C[C@@H]1C[C@]1(NC(=O)[C@@H]1C[C@@H]2CN1C(=O)[C@H](C1(C)CCCCC1)NC(=O)O[C@@H]1C[C@H]1CCCCCc1c(nc3ccccc3c1OCCCN1CCCOCC1)O2)C(=O)NS(=O)(=O)C1(C)CC1. The van der Waals surface area contributed by atoms with Crippen molar-refractivity contribution in [3.63, 3.8) is 0 Å². The van der Waals surface area contributed by atoms with Crippen LogP contribution in [-0.4, -0.2) is 128 Å². The number of pyridine rings is 1. The normalized spacial score (nSPS) is 30.9. The van der Waals surface area contributed by atoms with E-state index in [1.54, 1.807) is 13.0 Å². The molecule has 0 unspecified atom stereocenters. The molecule has 17 heteroatoms. The summed E-state index contributed by atoms with van der Waals surface area (Å²) in [6.45, 7) is 12.3. The Morgan fingerprint density at radius 1 is 0.985 bits per heavy atom. The first kappa shape index (κ1) is 47.6. The van der Waals surface area contributed by atoms with E-state index in [1.807, 2.05) is 31.2 Å². The van der Waals surface area contributed by atoms with Gasteiger partial charge in [-0.25, -0.2) is 18.2 Å². The Kier molecular flexibility index (Phi) is 13.8. The largest absolute Gasteiger partial charge is 0.492 e. The lowest BCUT2D eigenvalue weighted by Gasteiger charge is -2.42. The van der Waals surface area contributed by atoms with Crippen LogP contribution in [0.1, 0.15) is 122 Å². The summed E-state index contributed by atoms with van der Waals surface area (Å²) in [6, 6.07) is 5.71. The number of hydrogen-bond acceptors (Lipinski definition) is 12. The Morgan fingerprint density at radius 2 is 1.78 bits per heavy atom. The van der Waals surface area contributed by atoms with E-state index < -0.39 is 73.6 Å². The molecule has 6 fully saturated rings. The number of carbonyl (C=O) groups excluding carboxylic acids is 4. The van der Waals surface area contributed by atoms with Crippen LogP contribution in [0.15, 0.2) is 36.9 Å². The smallest absolute Gasteiger partial charge is 0.408 e. The van der Waals surface area contributed by atoms with Crippen LogP contribution in [0.25, 0.3) is 10.9 Å². The minimum Gasteiger partial charge on any atom is -0.492 e. The van der Waals surface area contributed by atoms with Crippen LogP contribution < -0.4 is 24.8 Å². The van der Waals surface area contributed by atoms with Gasteiger partial charge in [-0.2, -0.15) is 0 Å². The van der Waals surface area contributed by atoms with Gasteiger partial charge in [-0.05, 0) is 101 Å². The van der Waals surface area contributed by atoms with Gasteiger partial charge in [0, 0.05) is 44.0 Å². The van der Waals surface area contributed by atoms with E-state index in [4.69, 9.17) is 23.9 Å². The number of alkyl carbamates (subject to hydrolysis) is 1. The van der Waals surface area contributed by atoms with Gasteiger partial charge in [-0.1, -0.05) is 57.2 Å². The summed E-state index contributed by atoms with van der Waals surface area (Å²) in [5.41, 5.74) is -0.663. The zero-order valence-corrected chi connectivity index (χ0v) is 40.2. The topological polar surface area (TPSA) is 195 Å². The maximum atomic E-state index is 15.3. The lowest BCUT2D eigenvalue weighted by Crippen LogP contribution is -2.61. The van der Waals surface area contributed by atoms with Gasteiger partial charge in [0.2, 0.25) is 27.7 Å². The number of carbonyl (C=O) groups is 4. The Hall–Kier alpha value is -4.48. The van der Waals surface area contributed by atoms with Gasteiger partial charge >= 0.3 is 6.09 Å². The molecule has 366 valence electrons. The van der Waals surface area contributed by atoms with Crippen LogP contribution in [-0.2, 0) is 40.3 Å². The first-order valence-electron chi connectivity index (χ1n) is 25.0. The van der Waals surface area contributed by atoms with Crippen molar-refractivity contribution >= 4 is 44.7 Å². The van der Waals surface area contributed by atoms with Crippen molar-refractivity contribution in [3.05, 3.63) is 42.5 Å². The monoisotopic (exact) mass is 946 g/mol. The molecular formula is C50H70N6O10S. The highest BCUT2D eigenvalue weighted by Gasteiger charge is 2.63. The maximum Gasteiger partial charge on any atom is 0.408 e. The number of amides is 4. The van der Waals surface area contributed by atoms with Crippen molar-refractivity contribution in [3.8, 4) is 11.6 Å². The van der Waals surface area contributed by atoms with E-state index >= 15 is 4.79 Å². The molecule has 2 saturated heterocycles. The third-order valence-corrected chi connectivity index (χ3v) is 18.1. The standard InChI is InChI=1S/C50H70N6O10S/c1-4-34-31-50(34,46(59)54-67(61,62)49(3)21-22-49)53-43(57)39-30-35-32-56(39)45(58)42(48(2)19-11-6-12-20-48)52-47(60)66-40-29-33(40)15-7-5-8-17-37-41(36-16-9-10-18-38(36)51-44(37)65-35)64-27-14-24-55-23-13-26-63-28-25-55/h4,9-10,16,18,33-35,39-40,42H,1,5-8,11-15,17,19-32H2,2-3H3,(H,52,60)(H,53,57)(H,54,59)/t33-,34-,35-,39+,40-,42-,50-/m1/s1. The summed E-state index contributed by atoms with van der Waals surface area (Å²) in [5.74, 6) is -1.05. The fourth-order valence-electron chi connectivity index (χ4n) is 11.0. The minimum absolute atomic E-state index is 0.00850. The Balaban J connectivity index is 1.05. The summed E-state index contributed by atoms with van der Waals surface area (Å²) in [4.78, 5) is 66.9. The highest BCUT2D eigenvalue weighted by Crippen LogP contribution is 2.48. The van der Waals surface area contributed by atoms with E-state index in [2.05, 4.69) is 26.8 Å².